The highest BCUT2D eigenvalue weighted by Crippen LogP contribution is 2.27. The number of nitrogens with zero attached hydrogens (tertiary/aromatic N) is 1. The zero-order valence-corrected chi connectivity index (χ0v) is 12.4. The molecule has 1 unspecified atom stereocenters. The van der Waals surface area contributed by atoms with Crippen molar-refractivity contribution in [2.24, 2.45) is 0 Å². The van der Waals surface area contributed by atoms with E-state index >= 15 is 0 Å². The predicted octanol–water partition coefficient (Wildman–Crippen LogP) is 3.47. The van der Waals surface area contributed by atoms with Gasteiger partial charge in [0.05, 0.1) is 0 Å². The molecule has 0 aromatic heterocycles. The molecular weight excluding hydrogens is 232 g/mol. The minimum absolute atomic E-state index is 0.443. The zero-order chi connectivity index (χ0) is 13.7. The Labute approximate surface area is 117 Å². The van der Waals surface area contributed by atoms with Crippen molar-refractivity contribution in [3.8, 4) is 0 Å². The maximum atomic E-state index is 3.48. The van der Waals surface area contributed by atoms with E-state index in [1.807, 2.05) is 0 Å². The summed E-state index contributed by atoms with van der Waals surface area (Å²) in [5.74, 6) is 0. The quantitative estimate of drug-likeness (QED) is 0.870. The first-order valence-electron chi connectivity index (χ1n) is 7.46. The van der Waals surface area contributed by atoms with Crippen LogP contribution >= 0.6 is 0 Å². The predicted molar refractivity (Wildman–Crippen MR) is 84.8 cm³/mol. The highest BCUT2D eigenvalue weighted by atomic mass is 15.1. The van der Waals surface area contributed by atoms with E-state index in [1.54, 1.807) is 0 Å². The summed E-state index contributed by atoms with van der Waals surface area (Å²) >= 11 is 0. The molecule has 1 atom stereocenters. The van der Waals surface area contributed by atoms with Crippen LogP contribution in [0.5, 0.6) is 0 Å². The second kappa shape index (κ2) is 6.76. The van der Waals surface area contributed by atoms with Crippen molar-refractivity contribution >= 4 is 11.8 Å². The topological polar surface area (TPSA) is 15.3 Å². The summed E-state index contributed by atoms with van der Waals surface area (Å²) in [7, 11) is 2.18. The van der Waals surface area contributed by atoms with E-state index in [2.05, 4.69) is 61.5 Å². The maximum absolute atomic E-state index is 3.48. The van der Waals surface area contributed by atoms with E-state index in [4.69, 9.17) is 0 Å². The summed E-state index contributed by atoms with van der Waals surface area (Å²) in [6.07, 6.45) is 8.16. The van der Waals surface area contributed by atoms with Gasteiger partial charge in [-0.1, -0.05) is 25.1 Å². The normalized spacial score (nSPS) is 16.7. The number of benzene rings is 1. The van der Waals surface area contributed by atoms with E-state index in [9.17, 15) is 0 Å². The van der Waals surface area contributed by atoms with Crippen molar-refractivity contribution in [3.05, 3.63) is 35.4 Å². The van der Waals surface area contributed by atoms with E-state index in [0.29, 0.717) is 6.04 Å². The van der Waals surface area contributed by atoms with E-state index in [0.717, 1.165) is 6.54 Å². The third-order valence-electron chi connectivity index (χ3n) is 3.75. The Hall–Kier alpha value is -1.28. The molecule has 104 valence electrons. The highest BCUT2D eigenvalue weighted by molar-refractivity contribution is 5.61. The Morgan fingerprint density at radius 2 is 2.26 bits per heavy atom. The Morgan fingerprint density at radius 3 is 3.05 bits per heavy atom. The van der Waals surface area contributed by atoms with Crippen molar-refractivity contribution in [2.45, 2.75) is 39.2 Å². The Balaban J connectivity index is 2.03. The fourth-order valence-corrected chi connectivity index (χ4v) is 2.60. The fourth-order valence-electron chi connectivity index (χ4n) is 2.60. The Morgan fingerprint density at radius 1 is 1.42 bits per heavy atom. The molecule has 0 spiro atoms. The van der Waals surface area contributed by atoms with Crippen LogP contribution in [0.2, 0.25) is 0 Å². The molecule has 2 nitrogen and oxygen atoms in total. The highest BCUT2D eigenvalue weighted by Gasteiger charge is 2.12. The molecule has 1 aromatic carbocycles. The van der Waals surface area contributed by atoms with E-state index in [1.165, 1.54) is 42.6 Å². The number of anilines is 1. The van der Waals surface area contributed by atoms with Crippen molar-refractivity contribution in [3.63, 3.8) is 0 Å². The van der Waals surface area contributed by atoms with Gasteiger partial charge < -0.3 is 10.2 Å². The number of hydrogen-bond donors (Lipinski definition) is 1. The van der Waals surface area contributed by atoms with Gasteiger partial charge in [0.2, 0.25) is 0 Å². The summed E-state index contributed by atoms with van der Waals surface area (Å²) in [6, 6.07) is 7.27. The SMILES string of the molecule is CCCNC(C)/C=C/c1ccc2c(c1)CCCN2C. The first-order valence-corrected chi connectivity index (χ1v) is 7.46. The molecule has 2 rings (SSSR count). The monoisotopic (exact) mass is 258 g/mol. The van der Waals surface area contributed by atoms with Gasteiger partial charge in [0.15, 0.2) is 0 Å². The van der Waals surface area contributed by atoms with Crippen molar-refractivity contribution < 1.29 is 0 Å². The minimum Gasteiger partial charge on any atom is -0.374 e. The molecule has 1 heterocycles. The van der Waals surface area contributed by atoms with Gasteiger partial charge in [0.25, 0.3) is 0 Å². The van der Waals surface area contributed by atoms with Crippen LogP contribution in [0.3, 0.4) is 0 Å². The summed E-state index contributed by atoms with van der Waals surface area (Å²) in [5, 5.41) is 3.48. The third-order valence-corrected chi connectivity index (χ3v) is 3.75. The summed E-state index contributed by atoms with van der Waals surface area (Å²) < 4.78 is 0. The average molecular weight is 258 g/mol. The molecule has 0 aliphatic carbocycles. The standard InChI is InChI=1S/C17H26N2/c1-4-11-18-14(2)7-8-15-9-10-17-16(13-15)6-5-12-19(17)3/h7-10,13-14,18H,4-6,11-12H2,1-3H3/b8-7+. The molecule has 0 bridgehead atoms. The minimum atomic E-state index is 0.443. The van der Waals surface area contributed by atoms with Crippen LogP contribution in [-0.4, -0.2) is 26.2 Å². The van der Waals surface area contributed by atoms with Crippen molar-refractivity contribution in [1.82, 2.24) is 5.32 Å². The number of fused-ring (bicyclic) bond motifs is 1. The smallest absolute Gasteiger partial charge is 0.0396 e. The first kappa shape index (κ1) is 14.1. The largest absolute Gasteiger partial charge is 0.374 e. The van der Waals surface area contributed by atoms with Crippen LogP contribution in [0.25, 0.3) is 6.08 Å². The van der Waals surface area contributed by atoms with Gasteiger partial charge in [-0.05, 0) is 56.0 Å². The Kier molecular flexibility index (Phi) is 5.03. The van der Waals surface area contributed by atoms with Gasteiger partial charge >= 0.3 is 0 Å². The molecular formula is C17H26N2. The summed E-state index contributed by atoms with van der Waals surface area (Å²) in [4.78, 5) is 2.36. The fraction of sp³-hybridized carbons (Fsp3) is 0.529. The number of hydrogen-bond acceptors (Lipinski definition) is 2. The third kappa shape index (κ3) is 3.84. The number of aryl methyl sites for hydroxylation is 1. The lowest BCUT2D eigenvalue weighted by atomic mass is 9.99. The zero-order valence-electron chi connectivity index (χ0n) is 12.4. The molecule has 0 amide bonds. The lowest BCUT2D eigenvalue weighted by molar-refractivity contribution is 0.625. The first-order chi connectivity index (χ1) is 9.20. The van der Waals surface area contributed by atoms with Gasteiger partial charge in [-0.2, -0.15) is 0 Å². The number of nitrogens with one attached hydrogen (secondary N) is 1. The van der Waals surface area contributed by atoms with Gasteiger partial charge in [0, 0.05) is 25.3 Å². The molecule has 1 N–H and O–H groups in total. The van der Waals surface area contributed by atoms with Crippen molar-refractivity contribution in [1.29, 1.82) is 0 Å². The van der Waals surface area contributed by atoms with Gasteiger partial charge in [-0.3, -0.25) is 0 Å². The summed E-state index contributed by atoms with van der Waals surface area (Å²) in [5.41, 5.74) is 4.21. The molecule has 19 heavy (non-hydrogen) atoms. The van der Waals surface area contributed by atoms with Crippen LogP contribution in [0.15, 0.2) is 24.3 Å². The molecule has 2 heteroatoms. The van der Waals surface area contributed by atoms with Crippen LogP contribution in [0.4, 0.5) is 5.69 Å². The van der Waals surface area contributed by atoms with Gasteiger partial charge in [-0.15, -0.1) is 0 Å². The maximum Gasteiger partial charge on any atom is 0.0396 e. The molecule has 0 saturated carbocycles. The summed E-state index contributed by atoms with van der Waals surface area (Å²) in [6.45, 7) is 6.67. The van der Waals surface area contributed by atoms with Crippen molar-refractivity contribution in [2.75, 3.05) is 25.0 Å². The second-order valence-electron chi connectivity index (χ2n) is 5.52. The number of rotatable bonds is 5. The second-order valence-corrected chi connectivity index (χ2v) is 5.52. The van der Waals surface area contributed by atoms with Gasteiger partial charge in [-0.25, -0.2) is 0 Å². The molecule has 1 aromatic rings. The Bertz CT molecular complexity index is 437. The molecule has 0 fully saturated rings. The van der Waals surface area contributed by atoms with Crippen LogP contribution in [0, 0.1) is 0 Å². The van der Waals surface area contributed by atoms with E-state index in [-0.39, 0.29) is 0 Å². The lowest BCUT2D eigenvalue weighted by Crippen LogP contribution is -2.24. The molecule has 0 saturated heterocycles. The molecule has 1 aliphatic rings. The van der Waals surface area contributed by atoms with E-state index < -0.39 is 0 Å². The van der Waals surface area contributed by atoms with Gasteiger partial charge in [0.1, 0.15) is 0 Å². The molecule has 0 radical (unpaired) electrons. The average Bonchev–Trinajstić information content (AvgIpc) is 2.43. The van der Waals surface area contributed by atoms with Crippen LogP contribution in [0.1, 0.15) is 37.8 Å². The lowest BCUT2D eigenvalue weighted by Gasteiger charge is -2.27. The molecule has 1 aliphatic heterocycles. The van der Waals surface area contributed by atoms with Crippen LogP contribution < -0.4 is 10.2 Å². The van der Waals surface area contributed by atoms with Crippen LogP contribution in [-0.2, 0) is 6.42 Å².